The monoisotopic (exact) mass is 538 g/mol. The van der Waals surface area contributed by atoms with Gasteiger partial charge >= 0.3 is 5.97 Å². The zero-order chi connectivity index (χ0) is 28.7. The molecule has 2 bridgehead atoms. The van der Waals surface area contributed by atoms with Crippen molar-refractivity contribution in [1.82, 2.24) is 4.90 Å². The summed E-state index contributed by atoms with van der Waals surface area (Å²) in [4.78, 5) is 45.7. The molecular formula is C31H42N2O6. The molecule has 0 aliphatic carbocycles. The molecule has 3 saturated heterocycles. The number of hydrogen-bond acceptors (Lipinski definition) is 6. The zero-order valence-electron chi connectivity index (χ0n) is 23.8. The maximum Gasteiger partial charge on any atom is 0.313 e. The second kappa shape index (κ2) is 10.9. The van der Waals surface area contributed by atoms with Crippen molar-refractivity contribution < 1.29 is 29.0 Å². The number of aryl methyl sites for hydroxylation is 2. The lowest BCUT2D eigenvalue weighted by Crippen LogP contribution is -2.60. The van der Waals surface area contributed by atoms with Crippen LogP contribution in [0.4, 0.5) is 5.69 Å². The van der Waals surface area contributed by atoms with E-state index in [1.807, 2.05) is 52.8 Å². The van der Waals surface area contributed by atoms with Crippen molar-refractivity contribution in [3.63, 3.8) is 0 Å². The Labute approximate surface area is 231 Å². The minimum absolute atomic E-state index is 0.0251. The van der Waals surface area contributed by atoms with Crippen LogP contribution in [0.15, 0.2) is 43.5 Å². The van der Waals surface area contributed by atoms with E-state index in [1.165, 1.54) is 6.08 Å². The highest BCUT2D eigenvalue weighted by atomic mass is 16.6. The van der Waals surface area contributed by atoms with Gasteiger partial charge in [0, 0.05) is 12.2 Å². The summed E-state index contributed by atoms with van der Waals surface area (Å²) in [7, 11) is 0. The molecule has 2 amide bonds. The maximum atomic E-state index is 14.8. The first-order valence-electron chi connectivity index (χ1n) is 13.9. The molecule has 3 fully saturated rings. The number of esters is 1. The fourth-order valence-electron chi connectivity index (χ4n) is 7.00. The van der Waals surface area contributed by atoms with Gasteiger partial charge in [0.1, 0.15) is 24.2 Å². The van der Waals surface area contributed by atoms with Crippen molar-refractivity contribution in [3.05, 3.63) is 54.6 Å². The lowest BCUT2D eigenvalue weighted by molar-refractivity contribution is -0.160. The van der Waals surface area contributed by atoms with Crippen LogP contribution in [-0.2, 0) is 23.9 Å². The van der Waals surface area contributed by atoms with Crippen LogP contribution >= 0.6 is 0 Å². The van der Waals surface area contributed by atoms with E-state index in [4.69, 9.17) is 9.47 Å². The molecule has 3 aliphatic heterocycles. The van der Waals surface area contributed by atoms with Crippen LogP contribution in [0.5, 0.6) is 0 Å². The van der Waals surface area contributed by atoms with Crippen molar-refractivity contribution in [3.8, 4) is 0 Å². The Hall–Kier alpha value is -2.97. The van der Waals surface area contributed by atoms with Gasteiger partial charge in [0.05, 0.1) is 24.2 Å². The minimum atomic E-state index is -1.21. The summed E-state index contributed by atoms with van der Waals surface area (Å²) in [6, 6.07) is 4.28. The molecule has 1 aromatic carbocycles. The van der Waals surface area contributed by atoms with E-state index in [0.29, 0.717) is 19.3 Å². The highest BCUT2D eigenvalue weighted by Crippen LogP contribution is 2.64. The van der Waals surface area contributed by atoms with Gasteiger partial charge in [0.15, 0.2) is 0 Å². The molecule has 3 heterocycles. The van der Waals surface area contributed by atoms with Gasteiger partial charge in [-0.05, 0) is 56.7 Å². The second-order valence-electron chi connectivity index (χ2n) is 11.6. The molecule has 7 atom stereocenters. The van der Waals surface area contributed by atoms with Gasteiger partial charge in [-0.15, -0.1) is 6.58 Å². The predicted molar refractivity (Wildman–Crippen MR) is 149 cm³/mol. The number of amides is 2. The molecule has 2 unspecified atom stereocenters. The van der Waals surface area contributed by atoms with Crippen LogP contribution in [-0.4, -0.2) is 70.8 Å². The van der Waals surface area contributed by atoms with Crippen molar-refractivity contribution >= 4 is 23.5 Å². The number of anilines is 1. The normalized spacial score (nSPS) is 30.6. The summed E-state index contributed by atoms with van der Waals surface area (Å²) in [5.41, 5.74) is 0.499. The third-order valence-corrected chi connectivity index (χ3v) is 9.12. The third-order valence-electron chi connectivity index (χ3n) is 9.12. The summed E-state index contributed by atoms with van der Waals surface area (Å²) in [6.07, 6.45) is 4.81. The molecule has 212 valence electrons. The van der Waals surface area contributed by atoms with Gasteiger partial charge in [-0.3, -0.25) is 14.4 Å². The van der Waals surface area contributed by atoms with E-state index in [-0.39, 0.29) is 37.5 Å². The number of carbonyl (C=O) groups excluding carboxylic acids is 3. The summed E-state index contributed by atoms with van der Waals surface area (Å²) < 4.78 is 12.2. The molecule has 8 nitrogen and oxygen atoms in total. The molecule has 39 heavy (non-hydrogen) atoms. The number of carbonyl (C=O) groups is 3. The Morgan fingerprint density at radius 1 is 1.28 bits per heavy atom. The number of ether oxygens (including phenoxy) is 2. The van der Waals surface area contributed by atoms with Gasteiger partial charge in [-0.2, -0.15) is 0 Å². The fraction of sp³-hybridized carbons (Fsp3) is 0.581. The highest BCUT2D eigenvalue weighted by Gasteiger charge is 2.79. The molecule has 1 aromatic rings. The number of hydrogen-bond donors (Lipinski definition) is 1. The minimum Gasteiger partial charge on any atom is -0.461 e. The number of nitrogens with zero attached hydrogens (tertiary/aromatic N) is 2. The van der Waals surface area contributed by atoms with E-state index in [2.05, 4.69) is 13.2 Å². The van der Waals surface area contributed by atoms with Gasteiger partial charge in [-0.25, -0.2) is 0 Å². The molecule has 1 spiro atoms. The average molecular weight is 539 g/mol. The standard InChI is InChI=1S/C31H42N2O6/c1-8-15-32(22-17-19(4)11-12-21(22)6)28(36)26-31-14-13-30(7,39-31)25(29(37)38-16-9-2)24(31)27(35)33(26)23(18-34)20(5)10-3/h8-9,11-12,17,20,23-26,34H,1-2,10,13-16,18H2,3-7H3/t20-,23-,24-,25+,26?,30-,31?/m0/s1. The molecule has 3 aliphatic rings. The van der Waals surface area contributed by atoms with Crippen LogP contribution in [0.2, 0.25) is 0 Å². The van der Waals surface area contributed by atoms with E-state index < -0.39 is 41.1 Å². The zero-order valence-corrected chi connectivity index (χ0v) is 23.8. The van der Waals surface area contributed by atoms with Crippen LogP contribution in [0, 0.1) is 31.6 Å². The number of rotatable bonds is 11. The second-order valence-corrected chi connectivity index (χ2v) is 11.6. The highest BCUT2D eigenvalue weighted by molar-refractivity contribution is 6.05. The maximum absolute atomic E-state index is 14.8. The van der Waals surface area contributed by atoms with Gasteiger partial charge in [0.2, 0.25) is 5.91 Å². The van der Waals surface area contributed by atoms with Crippen molar-refractivity contribution in [2.75, 3.05) is 24.7 Å². The Balaban J connectivity index is 1.88. The van der Waals surface area contributed by atoms with E-state index >= 15 is 0 Å². The lowest BCUT2D eigenvalue weighted by Gasteiger charge is -2.41. The van der Waals surface area contributed by atoms with Gasteiger partial charge < -0.3 is 24.4 Å². The first-order valence-corrected chi connectivity index (χ1v) is 13.9. The molecule has 0 radical (unpaired) electrons. The van der Waals surface area contributed by atoms with Gasteiger partial charge in [0.25, 0.3) is 5.91 Å². The van der Waals surface area contributed by atoms with E-state index in [9.17, 15) is 19.5 Å². The average Bonchev–Trinajstić information content (AvgIpc) is 3.48. The fourth-order valence-corrected chi connectivity index (χ4v) is 7.00. The van der Waals surface area contributed by atoms with Crippen LogP contribution < -0.4 is 4.90 Å². The predicted octanol–water partition coefficient (Wildman–Crippen LogP) is 3.72. The van der Waals surface area contributed by atoms with E-state index in [1.54, 1.807) is 15.9 Å². The van der Waals surface area contributed by atoms with E-state index in [0.717, 1.165) is 16.8 Å². The number of fused-ring (bicyclic) bond motifs is 1. The SMILES string of the molecule is C=CCOC(=O)[C@H]1[C@H]2C(=O)N([C@@H](CO)[C@@H](C)CC)C(C(=O)N(CC=C)c3cc(C)ccc3C)C23CC[C@]1(C)O3. The Morgan fingerprint density at radius 3 is 2.62 bits per heavy atom. The third kappa shape index (κ3) is 4.51. The largest absolute Gasteiger partial charge is 0.461 e. The number of likely N-dealkylation sites (tertiary alicyclic amines) is 1. The molecular weight excluding hydrogens is 496 g/mol. The van der Waals surface area contributed by atoms with Gasteiger partial charge in [-0.1, -0.05) is 51.1 Å². The van der Waals surface area contributed by atoms with Crippen molar-refractivity contribution in [1.29, 1.82) is 0 Å². The topological polar surface area (TPSA) is 96.4 Å². The molecule has 0 saturated carbocycles. The lowest BCUT2D eigenvalue weighted by atomic mass is 9.66. The molecule has 0 aromatic heterocycles. The summed E-state index contributed by atoms with van der Waals surface area (Å²) in [6.45, 7) is 17.2. The summed E-state index contributed by atoms with van der Waals surface area (Å²) in [5, 5.41) is 10.5. The smallest absolute Gasteiger partial charge is 0.313 e. The quantitative estimate of drug-likeness (QED) is 0.341. The molecule has 4 rings (SSSR count). The number of aliphatic hydroxyl groups excluding tert-OH is 1. The molecule has 1 N–H and O–H groups in total. The first-order chi connectivity index (χ1) is 18.5. The summed E-state index contributed by atoms with van der Waals surface area (Å²) >= 11 is 0. The van der Waals surface area contributed by atoms with Crippen molar-refractivity contribution in [2.45, 2.75) is 77.2 Å². The van der Waals surface area contributed by atoms with Crippen LogP contribution in [0.1, 0.15) is 51.2 Å². The Morgan fingerprint density at radius 2 is 2.00 bits per heavy atom. The van der Waals surface area contributed by atoms with Crippen LogP contribution in [0.3, 0.4) is 0 Å². The summed E-state index contributed by atoms with van der Waals surface area (Å²) in [5.74, 6) is -2.99. The number of benzene rings is 1. The molecule has 8 heteroatoms. The Bertz CT molecular complexity index is 1170. The van der Waals surface area contributed by atoms with Crippen LogP contribution in [0.25, 0.3) is 0 Å². The first kappa shape index (κ1) is 29.0. The Kier molecular flexibility index (Phi) is 8.11. The van der Waals surface area contributed by atoms with Crippen molar-refractivity contribution in [2.24, 2.45) is 17.8 Å². The number of aliphatic hydroxyl groups is 1.